The molecule has 2 N–H and O–H groups in total. The van der Waals surface area contributed by atoms with E-state index in [-0.39, 0.29) is 24.0 Å². The summed E-state index contributed by atoms with van der Waals surface area (Å²) in [5, 5.41) is 7.00. The van der Waals surface area contributed by atoms with Crippen LogP contribution in [0, 0.1) is 5.92 Å². The van der Waals surface area contributed by atoms with Crippen LogP contribution in [0.3, 0.4) is 0 Å². The second kappa shape index (κ2) is 14.7. The van der Waals surface area contributed by atoms with Crippen LogP contribution in [-0.2, 0) is 4.74 Å². The molecule has 2 aliphatic rings. The molecule has 1 aromatic rings. The molecule has 0 saturated carbocycles. The molecule has 3 rings (SSSR count). The van der Waals surface area contributed by atoms with Crippen molar-refractivity contribution in [2.45, 2.75) is 38.6 Å². The Bertz CT molecular complexity index is 647. The number of halogens is 1. The molecule has 1 aromatic carbocycles. The lowest BCUT2D eigenvalue weighted by atomic mass is 10.0. The molecule has 0 spiro atoms. The Morgan fingerprint density at radius 2 is 2.03 bits per heavy atom. The summed E-state index contributed by atoms with van der Waals surface area (Å²) in [7, 11) is 1.66. The average molecular weight is 546 g/mol. The van der Waals surface area contributed by atoms with Gasteiger partial charge in [-0.05, 0) is 44.2 Å². The van der Waals surface area contributed by atoms with E-state index in [2.05, 4.69) is 22.5 Å². The van der Waals surface area contributed by atoms with Crippen molar-refractivity contribution < 1.29 is 14.2 Å². The Morgan fingerprint density at radius 3 is 2.74 bits per heavy atom. The Hall–Kier alpha value is -1.26. The van der Waals surface area contributed by atoms with E-state index in [1.54, 1.807) is 7.11 Å². The van der Waals surface area contributed by atoms with Gasteiger partial charge < -0.3 is 29.7 Å². The zero-order chi connectivity index (χ0) is 21.0. The molecule has 1 atom stereocenters. The van der Waals surface area contributed by atoms with Crippen LogP contribution in [0.25, 0.3) is 0 Å². The van der Waals surface area contributed by atoms with Crippen LogP contribution in [0.2, 0.25) is 0 Å². The molecule has 1 unspecified atom stereocenters. The van der Waals surface area contributed by atoms with Gasteiger partial charge in [-0.3, -0.25) is 4.99 Å². The number of aliphatic imine (C=N–C) groups is 1. The fourth-order valence-electron chi connectivity index (χ4n) is 4.00. The molecule has 2 heterocycles. The SMILES string of the molecule is CCNC(=NCCCOc1cccc(OC)c1)NC1CCN(CC2CCOC2)CC1.I. The van der Waals surface area contributed by atoms with Gasteiger partial charge in [0.15, 0.2) is 5.96 Å². The van der Waals surface area contributed by atoms with E-state index in [0.717, 1.165) is 82.0 Å². The van der Waals surface area contributed by atoms with Crippen LogP contribution >= 0.6 is 24.0 Å². The Morgan fingerprint density at radius 1 is 1.23 bits per heavy atom. The van der Waals surface area contributed by atoms with Crippen molar-refractivity contribution in [3.8, 4) is 11.5 Å². The lowest BCUT2D eigenvalue weighted by Gasteiger charge is -2.34. The molecule has 2 fully saturated rings. The molecular formula is C23H39IN4O3. The van der Waals surface area contributed by atoms with Crippen molar-refractivity contribution >= 4 is 29.9 Å². The van der Waals surface area contributed by atoms with Crippen molar-refractivity contribution in [1.82, 2.24) is 15.5 Å². The summed E-state index contributed by atoms with van der Waals surface area (Å²) in [5.74, 6) is 3.29. The van der Waals surface area contributed by atoms with E-state index in [9.17, 15) is 0 Å². The third-order valence-corrected chi connectivity index (χ3v) is 5.70. The summed E-state index contributed by atoms with van der Waals surface area (Å²) < 4.78 is 16.5. The number of methoxy groups -OCH3 is 1. The molecular weight excluding hydrogens is 507 g/mol. The van der Waals surface area contributed by atoms with Crippen LogP contribution in [0.15, 0.2) is 29.3 Å². The third-order valence-electron chi connectivity index (χ3n) is 5.70. The van der Waals surface area contributed by atoms with Gasteiger partial charge in [0.05, 0.1) is 20.3 Å². The van der Waals surface area contributed by atoms with Gasteiger partial charge in [0, 0.05) is 57.9 Å². The summed E-state index contributed by atoms with van der Waals surface area (Å²) in [6.45, 7) is 9.73. The molecule has 8 heteroatoms. The van der Waals surface area contributed by atoms with Gasteiger partial charge in [-0.1, -0.05) is 6.07 Å². The highest BCUT2D eigenvalue weighted by molar-refractivity contribution is 14.0. The van der Waals surface area contributed by atoms with Crippen molar-refractivity contribution in [3.63, 3.8) is 0 Å². The first kappa shape index (κ1) is 26.0. The van der Waals surface area contributed by atoms with Crippen molar-refractivity contribution in [2.75, 3.05) is 59.7 Å². The van der Waals surface area contributed by atoms with E-state index < -0.39 is 0 Å². The van der Waals surface area contributed by atoms with E-state index in [1.807, 2.05) is 24.3 Å². The van der Waals surface area contributed by atoms with Crippen LogP contribution in [0.4, 0.5) is 0 Å². The molecule has 0 bridgehead atoms. The lowest BCUT2D eigenvalue weighted by Crippen LogP contribution is -2.49. The number of guanidine groups is 1. The summed E-state index contributed by atoms with van der Waals surface area (Å²) in [6, 6.07) is 8.20. The highest BCUT2D eigenvalue weighted by Crippen LogP contribution is 2.19. The number of ether oxygens (including phenoxy) is 3. The number of nitrogens with one attached hydrogen (secondary N) is 2. The first-order valence-electron chi connectivity index (χ1n) is 11.4. The number of benzene rings is 1. The van der Waals surface area contributed by atoms with E-state index in [4.69, 9.17) is 19.2 Å². The predicted molar refractivity (Wildman–Crippen MR) is 136 cm³/mol. The second-order valence-electron chi connectivity index (χ2n) is 8.09. The number of rotatable bonds is 10. The number of hydrogen-bond acceptors (Lipinski definition) is 5. The molecule has 31 heavy (non-hydrogen) atoms. The van der Waals surface area contributed by atoms with Gasteiger partial charge in [-0.25, -0.2) is 0 Å². The van der Waals surface area contributed by atoms with Crippen LogP contribution < -0.4 is 20.1 Å². The topological polar surface area (TPSA) is 67.4 Å². The molecule has 0 radical (unpaired) electrons. The third kappa shape index (κ3) is 9.41. The standard InChI is InChI=1S/C23H38N4O3.HI/c1-3-24-23(25-11-5-14-30-22-7-4-6-21(16-22)28-2)26-20-8-12-27(13-9-20)17-19-10-15-29-18-19;/h4,6-7,16,19-20H,3,5,8-15,17-18H2,1-2H3,(H2,24,25,26);1H. The minimum atomic E-state index is 0. The molecule has 0 amide bonds. The summed E-state index contributed by atoms with van der Waals surface area (Å²) in [6.07, 6.45) is 4.42. The molecule has 2 aliphatic heterocycles. The number of piperidine rings is 1. The maximum atomic E-state index is 5.80. The minimum Gasteiger partial charge on any atom is -0.497 e. The highest BCUT2D eigenvalue weighted by atomic mass is 127. The van der Waals surface area contributed by atoms with Crippen LogP contribution in [-0.4, -0.2) is 76.6 Å². The zero-order valence-electron chi connectivity index (χ0n) is 19.0. The summed E-state index contributed by atoms with van der Waals surface area (Å²) in [4.78, 5) is 7.33. The van der Waals surface area contributed by atoms with E-state index in [0.29, 0.717) is 12.6 Å². The van der Waals surface area contributed by atoms with Crippen molar-refractivity contribution in [1.29, 1.82) is 0 Å². The van der Waals surface area contributed by atoms with Gasteiger partial charge in [0.2, 0.25) is 0 Å². The average Bonchev–Trinajstić information content (AvgIpc) is 3.28. The fourth-order valence-corrected chi connectivity index (χ4v) is 4.00. The second-order valence-corrected chi connectivity index (χ2v) is 8.09. The van der Waals surface area contributed by atoms with Gasteiger partial charge >= 0.3 is 0 Å². The lowest BCUT2D eigenvalue weighted by molar-refractivity contribution is 0.150. The largest absolute Gasteiger partial charge is 0.497 e. The fraction of sp³-hybridized carbons (Fsp3) is 0.696. The number of nitrogens with zero attached hydrogens (tertiary/aromatic N) is 2. The molecule has 7 nitrogen and oxygen atoms in total. The maximum absolute atomic E-state index is 5.80. The van der Waals surface area contributed by atoms with Crippen molar-refractivity contribution in [3.05, 3.63) is 24.3 Å². The number of likely N-dealkylation sites (tertiary alicyclic amines) is 1. The highest BCUT2D eigenvalue weighted by Gasteiger charge is 2.24. The first-order chi connectivity index (χ1) is 14.8. The van der Waals surface area contributed by atoms with E-state index in [1.165, 1.54) is 13.0 Å². The summed E-state index contributed by atoms with van der Waals surface area (Å²) in [5.41, 5.74) is 0. The van der Waals surface area contributed by atoms with E-state index >= 15 is 0 Å². The first-order valence-corrected chi connectivity index (χ1v) is 11.4. The monoisotopic (exact) mass is 546 g/mol. The number of hydrogen-bond donors (Lipinski definition) is 2. The molecule has 0 aromatic heterocycles. The normalized spacial score (nSPS) is 20.2. The minimum absolute atomic E-state index is 0. The molecule has 176 valence electrons. The zero-order valence-corrected chi connectivity index (χ0v) is 21.3. The van der Waals surface area contributed by atoms with Crippen LogP contribution in [0.1, 0.15) is 32.6 Å². The Balaban J connectivity index is 0.00000341. The Kier molecular flexibility index (Phi) is 12.4. The predicted octanol–water partition coefficient (Wildman–Crippen LogP) is 3.14. The smallest absolute Gasteiger partial charge is 0.191 e. The molecule has 0 aliphatic carbocycles. The van der Waals surface area contributed by atoms with Gasteiger partial charge in [0.25, 0.3) is 0 Å². The van der Waals surface area contributed by atoms with Crippen LogP contribution in [0.5, 0.6) is 11.5 Å². The summed E-state index contributed by atoms with van der Waals surface area (Å²) >= 11 is 0. The Labute approximate surface area is 204 Å². The maximum Gasteiger partial charge on any atom is 0.191 e. The van der Waals surface area contributed by atoms with Gasteiger partial charge in [-0.15, -0.1) is 24.0 Å². The van der Waals surface area contributed by atoms with Gasteiger partial charge in [0.1, 0.15) is 11.5 Å². The molecule has 2 saturated heterocycles. The van der Waals surface area contributed by atoms with Gasteiger partial charge in [-0.2, -0.15) is 0 Å². The van der Waals surface area contributed by atoms with Crippen molar-refractivity contribution in [2.24, 2.45) is 10.9 Å². The quantitative estimate of drug-likeness (QED) is 0.204.